The van der Waals surface area contributed by atoms with Crippen LogP contribution in [0.1, 0.15) is 81.5 Å². The molecule has 0 aromatic carbocycles. The minimum absolute atomic E-state index is 0.125. The van der Waals surface area contributed by atoms with Gasteiger partial charge >= 0.3 is 5.97 Å². The minimum atomic E-state index is -1.02. The molecule has 9 nitrogen and oxygen atoms in total. The number of aliphatic hydroxyl groups is 2. The number of carbonyl (C=O) groups is 3. The van der Waals surface area contributed by atoms with Crippen molar-refractivity contribution in [2.24, 2.45) is 5.92 Å². The number of carbonyl (C=O) groups excluding carboxylic acids is 3. The number of ether oxygens (including phenoxy) is 1. The van der Waals surface area contributed by atoms with Gasteiger partial charge in [-0.05, 0) is 69.9 Å². The Labute approximate surface area is 274 Å². The van der Waals surface area contributed by atoms with Gasteiger partial charge in [-0.15, -0.1) is 0 Å². The van der Waals surface area contributed by atoms with E-state index in [0.717, 1.165) is 38.5 Å². The molecule has 1 rings (SSSR count). The van der Waals surface area contributed by atoms with Gasteiger partial charge < -0.3 is 25.6 Å². The van der Waals surface area contributed by atoms with Crippen LogP contribution in [0.15, 0.2) is 97.4 Å². The average Bonchev–Trinajstić information content (AvgIpc) is 3.07. The molecule has 1 atom stereocenters. The van der Waals surface area contributed by atoms with E-state index in [9.17, 15) is 24.6 Å². The first-order valence-corrected chi connectivity index (χ1v) is 16.3. The van der Waals surface area contributed by atoms with Crippen LogP contribution < -0.4 is 10.6 Å². The van der Waals surface area contributed by atoms with Crippen molar-refractivity contribution in [3.63, 3.8) is 0 Å². The number of aliphatic hydroxyl groups excluding tert-OH is 2. The van der Waals surface area contributed by atoms with Crippen molar-refractivity contribution in [2.45, 2.75) is 77.2 Å². The Hall–Kier alpha value is -4.08. The molecule has 46 heavy (non-hydrogen) atoms. The third kappa shape index (κ3) is 21.6. The number of rotatable bonds is 25. The zero-order chi connectivity index (χ0) is 33.5. The quantitative estimate of drug-likeness (QED) is 0.0799. The molecule has 2 amide bonds. The third-order valence-corrected chi connectivity index (χ3v) is 6.68. The average molecular weight is 636 g/mol. The third-order valence-electron chi connectivity index (χ3n) is 6.68. The van der Waals surface area contributed by atoms with Crippen LogP contribution in [0.25, 0.3) is 0 Å². The van der Waals surface area contributed by atoms with Crippen LogP contribution in [0.4, 0.5) is 0 Å². The fourth-order valence-electron chi connectivity index (χ4n) is 4.06. The molecule has 0 saturated carbocycles. The number of amides is 2. The van der Waals surface area contributed by atoms with Crippen LogP contribution in [0.3, 0.4) is 0 Å². The molecule has 0 aliphatic carbocycles. The van der Waals surface area contributed by atoms with Crippen LogP contribution >= 0.6 is 0 Å². The molecule has 4 N–H and O–H groups in total. The van der Waals surface area contributed by atoms with Crippen LogP contribution in [0.5, 0.6) is 0 Å². The fourth-order valence-corrected chi connectivity index (χ4v) is 4.06. The highest BCUT2D eigenvalue weighted by molar-refractivity contribution is 5.93. The van der Waals surface area contributed by atoms with E-state index in [1.807, 2.05) is 12.2 Å². The first-order valence-electron chi connectivity index (χ1n) is 16.3. The van der Waals surface area contributed by atoms with Crippen molar-refractivity contribution < 1.29 is 29.3 Å². The van der Waals surface area contributed by atoms with E-state index < -0.39 is 31.2 Å². The lowest BCUT2D eigenvalue weighted by molar-refractivity contribution is -0.159. The number of hydrogen-bond acceptors (Lipinski definition) is 7. The molecule has 1 heterocycles. The highest BCUT2D eigenvalue weighted by atomic mass is 16.6. The van der Waals surface area contributed by atoms with Crippen LogP contribution in [0, 0.1) is 5.92 Å². The summed E-state index contributed by atoms with van der Waals surface area (Å²) in [6, 6.07) is 3.29. The van der Waals surface area contributed by atoms with Crippen LogP contribution in [-0.4, -0.2) is 65.4 Å². The monoisotopic (exact) mass is 635 g/mol. The highest BCUT2D eigenvalue weighted by Gasteiger charge is 2.23. The second-order valence-electron chi connectivity index (χ2n) is 10.5. The second-order valence-corrected chi connectivity index (χ2v) is 10.5. The summed E-state index contributed by atoms with van der Waals surface area (Å²) in [5.74, 6) is -1.68. The van der Waals surface area contributed by atoms with Gasteiger partial charge in [0.1, 0.15) is 6.10 Å². The molecular weight excluding hydrogens is 582 g/mol. The topological polar surface area (TPSA) is 138 Å². The summed E-state index contributed by atoms with van der Waals surface area (Å²) in [5, 5.41) is 24.1. The number of nitrogens with one attached hydrogen (secondary N) is 2. The van der Waals surface area contributed by atoms with Gasteiger partial charge in [-0.25, -0.2) is 0 Å². The van der Waals surface area contributed by atoms with E-state index in [4.69, 9.17) is 4.74 Å². The van der Waals surface area contributed by atoms with E-state index in [1.165, 1.54) is 6.20 Å². The molecule has 0 aliphatic heterocycles. The van der Waals surface area contributed by atoms with Gasteiger partial charge in [-0.2, -0.15) is 0 Å². The Morgan fingerprint density at radius 3 is 1.80 bits per heavy atom. The Morgan fingerprint density at radius 2 is 1.30 bits per heavy atom. The zero-order valence-corrected chi connectivity index (χ0v) is 27.3. The molecule has 1 aromatic heterocycles. The van der Waals surface area contributed by atoms with E-state index in [0.29, 0.717) is 18.4 Å². The number of nitrogens with zero attached hydrogens (tertiary/aromatic N) is 1. The molecule has 9 heteroatoms. The lowest BCUT2D eigenvalue weighted by Gasteiger charge is -2.20. The van der Waals surface area contributed by atoms with Gasteiger partial charge in [-0.3, -0.25) is 19.4 Å². The number of aromatic nitrogens is 1. The van der Waals surface area contributed by atoms with E-state index >= 15 is 0 Å². The van der Waals surface area contributed by atoms with Crippen LogP contribution in [0.2, 0.25) is 0 Å². The molecule has 0 saturated heterocycles. The first-order chi connectivity index (χ1) is 22.5. The predicted molar refractivity (Wildman–Crippen MR) is 184 cm³/mol. The summed E-state index contributed by atoms with van der Waals surface area (Å²) in [6.45, 7) is 1.59. The minimum Gasteiger partial charge on any atom is -0.457 e. The van der Waals surface area contributed by atoms with E-state index in [2.05, 4.69) is 83.3 Å². The fraction of sp³-hybridized carbons (Fsp3) is 0.459. The first kappa shape index (κ1) is 39.9. The summed E-state index contributed by atoms with van der Waals surface area (Å²) in [4.78, 5) is 41.1. The SMILES string of the molecule is CC/C=C\C/C=C\C/C=C\C/C=C\C/C=C\C/C=C\CCC(=O)NCCC(CCNC(=O)c1cccnc1)C(=O)OC(CO)CO. The normalized spacial score (nSPS) is 12.9. The molecule has 0 radical (unpaired) electrons. The Morgan fingerprint density at radius 1 is 0.783 bits per heavy atom. The summed E-state index contributed by atoms with van der Waals surface area (Å²) in [6.07, 6.45) is 34.8. The number of allylic oxidation sites excluding steroid dienone is 12. The lowest BCUT2D eigenvalue weighted by Crippen LogP contribution is -2.34. The molecule has 0 bridgehead atoms. The summed E-state index contributed by atoms with van der Waals surface area (Å²) in [7, 11) is 0. The molecule has 0 spiro atoms. The van der Waals surface area contributed by atoms with Gasteiger partial charge in [0, 0.05) is 31.9 Å². The van der Waals surface area contributed by atoms with Crippen molar-refractivity contribution in [2.75, 3.05) is 26.3 Å². The maximum Gasteiger partial charge on any atom is 0.309 e. The largest absolute Gasteiger partial charge is 0.457 e. The van der Waals surface area contributed by atoms with Gasteiger partial charge in [0.2, 0.25) is 5.91 Å². The standard InChI is InChI=1S/C37H53N3O6/c1-2-3-4-5-6-7-8-9-10-11-12-13-14-15-16-17-18-19-20-23-35(43)39-27-24-32(37(45)46-34(30-41)31-42)25-28-40-36(44)33-22-21-26-38-29-33/h3-4,6-7,9-10,12-13,15-16,18-19,21-22,26,29,32,34,41-42H,2,5,8,11,14,17,20,23-25,27-28,30-31H2,1H3,(H,39,43)(H,40,44)/b4-3-,7-6-,10-9-,13-12-,16-15-,19-18-. The number of pyridine rings is 1. The molecule has 0 aliphatic rings. The summed E-state index contributed by atoms with van der Waals surface area (Å²) < 4.78 is 5.18. The van der Waals surface area contributed by atoms with Crippen molar-refractivity contribution in [1.29, 1.82) is 0 Å². The molecule has 252 valence electrons. The summed E-state index contributed by atoms with van der Waals surface area (Å²) >= 11 is 0. The van der Waals surface area contributed by atoms with Crippen molar-refractivity contribution >= 4 is 17.8 Å². The molecule has 1 unspecified atom stereocenters. The maximum atomic E-state index is 12.6. The van der Waals surface area contributed by atoms with Crippen molar-refractivity contribution in [3.05, 3.63) is 103 Å². The lowest BCUT2D eigenvalue weighted by atomic mass is 10.0. The zero-order valence-electron chi connectivity index (χ0n) is 27.3. The predicted octanol–water partition coefficient (Wildman–Crippen LogP) is 5.70. The van der Waals surface area contributed by atoms with Gasteiger partial charge in [0.15, 0.2) is 0 Å². The highest BCUT2D eigenvalue weighted by Crippen LogP contribution is 2.12. The molecule has 1 aromatic rings. The Bertz CT molecular complexity index is 1140. The second kappa shape index (κ2) is 28.4. The Balaban J connectivity index is 2.27. The van der Waals surface area contributed by atoms with E-state index in [1.54, 1.807) is 18.3 Å². The molecular formula is C37H53N3O6. The Kier molecular flexibility index (Phi) is 24.7. The summed E-state index contributed by atoms with van der Waals surface area (Å²) in [5.41, 5.74) is 0.404. The number of esters is 1. The van der Waals surface area contributed by atoms with E-state index in [-0.39, 0.29) is 37.7 Å². The van der Waals surface area contributed by atoms with Crippen molar-refractivity contribution in [3.8, 4) is 0 Å². The van der Waals surface area contributed by atoms with Gasteiger partial charge in [0.05, 0.1) is 24.7 Å². The van der Waals surface area contributed by atoms with Crippen molar-refractivity contribution in [1.82, 2.24) is 15.6 Å². The van der Waals surface area contributed by atoms with Gasteiger partial charge in [-0.1, -0.05) is 79.8 Å². The number of hydrogen-bond donors (Lipinski definition) is 4. The smallest absolute Gasteiger partial charge is 0.309 e. The molecule has 0 fully saturated rings. The van der Waals surface area contributed by atoms with Crippen LogP contribution in [-0.2, 0) is 14.3 Å². The van der Waals surface area contributed by atoms with Gasteiger partial charge in [0.25, 0.3) is 5.91 Å². The maximum absolute atomic E-state index is 12.6.